The Balaban J connectivity index is 2.28. The topological polar surface area (TPSA) is 87.7 Å². The molecule has 110 valence electrons. The number of aryl methyl sites for hydroxylation is 1. The van der Waals surface area contributed by atoms with Gasteiger partial charge in [-0.15, -0.1) is 0 Å². The Kier molecular flexibility index (Phi) is 6.52. The molecule has 0 fully saturated rings. The minimum absolute atomic E-state index is 0.101. The number of urea groups is 1. The largest absolute Gasteiger partial charge is 0.480 e. The van der Waals surface area contributed by atoms with Crippen LogP contribution in [0, 0.1) is 6.92 Å². The highest BCUT2D eigenvalue weighted by atomic mass is 16.5. The van der Waals surface area contributed by atoms with Gasteiger partial charge in [-0.25, -0.2) is 9.59 Å². The molecule has 0 aromatic heterocycles. The highest BCUT2D eigenvalue weighted by Crippen LogP contribution is 2.16. The van der Waals surface area contributed by atoms with Gasteiger partial charge in [0.2, 0.25) is 0 Å². The van der Waals surface area contributed by atoms with Gasteiger partial charge in [0.25, 0.3) is 0 Å². The van der Waals surface area contributed by atoms with E-state index in [-0.39, 0.29) is 31.8 Å². The van der Waals surface area contributed by atoms with Crippen LogP contribution < -0.4 is 10.6 Å². The lowest BCUT2D eigenvalue weighted by Crippen LogP contribution is -2.38. The summed E-state index contributed by atoms with van der Waals surface area (Å²) in [5, 5.41) is 13.8. The fourth-order valence-electron chi connectivity index (χ4n) is 1.79. The summed E-state index contributed by atoms with van der Waals surface area (Å²) in [4.78, 5) is 21.8. The molecule has 1 aromatic carbocycles. The molecule has 1 atom stereocenters. The molecule has 0 aliphatic rings. The summed E-state index contributed by atoms with van der Waals surface area (Å²) in [5.74, 6) is -1.03. The van der Waals surface area contributed by atoms with Crippen molar-refractivity contribution < 1.29 is 19.4 Å². The maximum atomic E-state index is 11.6. The van der Waals surface area contributed by atoms with E-state index in [9.17, 15) is 9.59 Å². The van der Waals surface area contributed by atoms with E-state index in [0.717, 1.165) is 11.1 Å². The second kappa shape index (κ2) is 8.16. The van der Waals surface area contributed by atoms with Crippen molar-refractivity contribution in [2.24, 2.45) is 0 Å². The van der Waals surface area contributed by atoms with Gasteiger partial charge in [-0.3, -0.25) is 0 Å². The first-order chi connectivity index (χ1) is 9.50. The van der Waals surface area contributed by atoms with Crippen LogP contribution in [0.15, 0.2) is 24.3 Å². The van der Waals surface area contributed by atoms with Crippen LogP contribution in [0.3, 0.4) is 0 Å². The number of carboxylic acids is 1. The van der Waals surface area contributed by atoms with Crippen molar-refractivity contribution in [1.82, 2.24) is 10.6 Å². The van der Waals surface area contributed by atoms with E-state index in [1.165, 1.54) is 0 Å². The number of hydrogen-bond donors (Lipinski definition) is 3. The average molecular weight is 280 g/mol. The lowest BCUT2D eigenvalue weighted by molar-refractivity contribution is -0.142. The van der Waals surface area contributed by atoms with Gasteiger partial charge in [0.15, 0.2) is 0 Å². The Labute approximate surface area is 118 Å². The Hall–Kier alpha value is -2.08. The fraction of sp³-hybridized carbons (Fsp3) is 0.429. The normalized spacial score (nSPS) is 11.7. The first-order valence-electron chi connectivity index (χ1n) is 6.40. The minimum Gasteiger partial charge on any atom is -0.480 e. The number of aliphatic carboxylic acids is 1. The molecule has 1 rings (SSSR count). The van der Waals surface area contributed by atoms with Gasteiger partial charge in [0.1, 0.15) is 6.61 Å². The second-order valence-electron chi connectivity index (χ2n) is 4.42. The minimum atomic E-state index is -1.03. The third kappa shape index (κ3) is 5.71. The lowest BCUT2D eigenvalue weighted by atomic mass is 10.0. The first kappa shape index (κ1) is 16.0. The molecule has 20 heavy (non-hydrogen) atoms. The van der Waals surface area contributed by atoms with Gasteiger partial charge in [0.05, 0.1) is 12.6 Å². The van der Waals surface area contributed by atoms with Crippen LogP contribution in [-0.2, 0) is 9.53 Å². The van der Waals surface area contributed by atoms with Crippen LogP contribution in [0.4, 0.5) is 4.79 Å². The molecule has 0 saturated carbocycles. The zero-order valence-corrected chi connectivity index (χ0v) is 11.7. The van der Waals surface area contributed by atoms with E-state index in [1.807, 2.05) is 38.1 Å². The number of benzene rings is 1. The maximum Gasteiger partial charge on any atom is 0.329 e. The quantitative estimate of drug-likeness (QED) is 0.660. The van der Waals surface area contributed by atoms with Crippen LogP contribution in [0.2, 0.25) is 0 Å². The van der Waals surface area contributed by atoms with E-state index >= 15 is 0 Å². The standard InChI is InChI=1S/C14H20N2O4/c1-10-5-3-4-6-12(10)11(2)16-14(19)15-7-8-20-9-13(17)18/h3-6,11H,7-9H2,1-2H3,(H,17,18)(H2,15,16,19). The zero-order valence-electron chi connectivity index (χ0n) is 11.7. The van der Waals surface area contributed by atoms with Crippen LogP contribution in [-0.4, -0.2) is 36.9 Å². The van der Waals surface area contributed by atoms with Crippen molar-refractivity contribution in [2.75, 3.05) is 19.8 Å². The number of ether oxygens (including phenoxy) is 1. The molecule has 2 amide bonds. The van der Waals surface area contributed by atoms with E-state index in [0.29, 0.717) is 0 Å². The summed E-state index contributed by atoms with van der Waals surface area (Å²) < 4.78 is 4.81. The van der Waals surface area contributed by atoms with Crippen molar-refractivity contribution >= 4 is 12.0 Å². The Morgan fingerprint density at radius 1 is 1.35 bits per heavy atom. The van der Waals surface area contributed by atoms with Gasteiger partial charge in [-0.05, 0) is 25.0 Å². The summed E-state index contributed by atoms with van der Waals surface area (Å²) in [7, 11) is 0. The van der Waals surface area contributed by atoms with E-state index < -0.39 is 5.97 Å². The van der Waals surface area contributed by atoms with Crippen LogP contribution in [0.25, 0.3) is 0 Å². The SMILES string of the molecule is Cc1ccccc1C(C)NC(=O)NCCOCC(=O)O. The van der Waals surface area contributed by atoms with Crippen molar-refractivity contribution in [3.63, 3.8) is 0 Å². The molecule has 6 heteroatoms. The van der Waals surface area contributed by atoms with E-state index in [2.05, 4.69) is 10.6 Å². The molecule has 0 heterocycles. The highest BCUT2D eigenvalue weighted by molar-refractivity contribution is 5.74. The molecule has 0 saturated heterocycles. The third-order valence-corrected chi connectivity index (χ3v) is 2.76. The summed E-state index contributed by atoms with van der Waals surface area (Å²) in [5.41, 5.74) is 2.18. The van der Waals surface area contributed by atoms with Gasteiger partial charge in [0, 0.05) is 6.54 Å². The van der Waals surface area contributed by atoms with Gasteiger partial charge >= 0.3 is 12.0 Å². The number of nitrogens with one attached hydrogen (secondary N) is 2. The maximum absolute atomic E-state index is 11.6. The number of carbonyl (C=O) groups is 2. The molecule has 3 N–H and O–H groups in total. The summed E-state index contributed by atoms with van der Waals surface area (Å²) in [6.07, 6.45) is 0. The van der Waals surface area contributed by atoms with Crippen LogP contribution in [0.1, 0.15) is 24.1 Å². The first-order valence-corrected chi connectivity index (χ1v) is 6.40. The molecule has 1 aromatic rings. The van der Waals surface area contributed by atoms with Crippen molar-refractivity contribution in [2.45, 2.75) is 19.9 Å². The predicted molar refractivity (Wildman–Crippen MR) is 74.6 cm³/mol. The number of hydrogen-bond acceptors (Lipinski definition) is 3. The Morgan fingerprint density at radius 3 is 2.70 bits per heavy atom. The van der Waals surface area contributed by atoms with Crippen LogP contribution >= 0.6 is 0 Å². The molecule has 0 radical (unpaired) electrons. The summed E-state index contributed by atoms with van der Waals surface area (Å²) in [6, 6.07) is 7.43. The van der Waals surface area contributed by atoms with E-state index in [1.54, 1.807) is 0 Å². The molecule has 0 bridgehead atoms. The highest BCUT2D eigenvalue weighted by Gasteiger charge is 2.10. The monoisotopic (exact) mass is 280 g/mol. The van der Waals surface area contributed by atoms with Crippen LogP contribution in [0.5, 0.6) is 0 Å². The molecule has 0 spiro atoms. The molecule has 0 aliphatic carbocycles. The second-order valence-corrected chi connectivity index (χ2v) is 4.42. The third-order valence-electron chi connectivity index (χ3n) is 2.76. The predicted octanol–water partition coefficient (Wildman–Crippen LogP) is 1.46. The smallest absolute Gasteiger partial charge is 0.329 e. The van der Waals surface area contributed by atoms with Gasteiger partial charge in [-0.2, -0.15) is 0 Å². The lowest BCUT2D eigenvalue weighted by Gasteiger charge is -2.17. The molecule has 1 unspecified atom stereocenters. The van der Waals surface area contributed by atoms with Gasteiger partial charge in [-0.1, -0.05) is 24.3 Å². The molecule has 6 nitrogen and oxygen atoms in total. The summed E-state index contributed by atoms with van der Waals surface area (Å²) in [6.45, 7) is 3.97. The number of rotatable bonds is 7. The number of amides is 2. The van der Waals surface area contributed by atoms with E-state index in [4.69, 9.17) is 9.84 Å². The Bertz CT molecular complexity index is 462. The fourth-order valence-corrected chi connectivity index (χ4v) is 1.79. The number of carbonyl (C=O) groups excluding carboxylic acids is 1. The molecule has 0 aliphatic heterocycles. The summed E-state index contributed by atoms with van der Waals surface area (Å²) >= 11 is 0. The van der Waals surface area contributed by atoms with Gasteiger partial charge < -0.3 is 20.5 Å². The molecular formula is C14H20N2O4. The van der Waals surface area contributed by atoms with Crippen molar-refractivity contribution in [1.29, 1.82) is 0 Å². The van der Waals surface area contributed by atoms with Crippen molar-refractivity contribution in [3.8, 4) is 0 Å². The Morgan fingerprint density at radius 2 is 2.05 bits per heavy atom. The van der Waals surface area contributed by atoms with Crippen molar-refractivity contribution in [3.05, 3.63) is 35.4 Å². The number of carboxylic acid groups (broad SMARTS) is 1. The molecular weight excluding hydrogens is 260 g/mol. The average Bonchev–Trinajstić information content (AvgIpc) is 2.38. The zero-order chi connectivity index (χ0) is 15.0.